The van der Waals surface area contributed by atoms with E-state index >= 15 is 0 Å². The van der Waals surface area contributed by atoms with Crippen molar-refractivity contribution < 1.29 is 17.9 Å². The molecule has 140 valence electrons. The first kappa shape index (κ1) is 17.6. The maximum atomic E-state index is 12.8. The highest BCUT2D eigenvalue weighted by Crippen LogP contribution is 2.32. The molecule has 2 aromatic carbocycles. The highest BCUT2D eigenvalue weighted by molar-refractivity contribution is 7.89. The number of sulfonamides is 1. The largest absolute Gasteiger partial charge is 0.490 e. The zero-order valence-corrected chi connectivity index (χ0v) is 15.4. The van der Waals surface area contributed by atoms with Crippen LogP contribution in [0.1, 0.15) is 17.5 Å². The number of nitriles is 1. The molecule has 0 radical (unpaired) electrons. The van der Waals surface area contributed by atoms with Crippen LogP contribution in [0.5, 0.6) is 11.5 Å². The van der Waals surface area contributed by atoms with Crippen molar-refractivity contribution in [3.8, 4) is 17.6 Å². The Kier molecular flexibility index (Phi) is 4.64. The quantitative estimate of drug-likeness (QED) is 0.839. The van der Waals surface area contributed by atoms with Gasteiger partial charge in [-0.25, -0.2) is 13.1 Å². The third-order valence-electron chi connectivity index (χ3n) is 4.59. The topological polar surface area (TPSA) is 100 Å². The lowest BCUT2D eigenvalue weighted by Gasteiger charge is -2.27. The van der Waals surface area contributed by atoms with Crippen molar-refractivity contribution in [2.45, 2.75) is 23.8 Å². The van der Waals surface area contributed by atoms with E-state index in [2.05, 4.69) is 16.1 Å². The Morgan fingerprint density at radius 3 is 2.74 bits per heavy atom. The van der Waals surface area contributed by atoms with Gasteiger partial charge in [0.05, 0.1) is 29.7 Å². The number of ether oxygens (including phenoxy) is 2. The molecule has 4 rings (SSSR count). The normalized spacial score (nSPS) is 18.6. The smallest absolute Gasteiger partial charge is 0.241 e. The van der Waals surface area contributed by atoms with Gasteiger partial charge in [-0.1, -0.05) is 0 Å². The maximum absolute atomic E-state index is 12.8. The molecule has 0 spiro atoms. The first-order valence-corrected chi connectivity index (χ1v) is 10.2. The van der Waals surface area contributed by atoms with Crippen molar-refractivity contribution in [2.75, 3.05) is 25.1 Å². The van der Waals surface area contributed by atoms with Crippen molar-refractivity contribution in [2.24, 2.45) is 0 Å². The second kappa shape index (κ2) is 7.10. The minimum Gasteiger partial charge on any atom is -0.490 e. The predicted molar refractivity (Wildman–Crippen MR) is 99.5 cm³/mol. The van der Waals surface area contributed by atoms with Gasteiger partial charge in [-0.3, -0.25) is 0 Å². The summed E-state index contributed by atoms with van der Waals surface area (Å²) in [6.07, 6.45) is 1.27. The molecule has 27 heavy (non-hydrogen) atoms. The number of anilines is 1. The number of nitrogens with one attached hydrogen (secondary N) is 2. The van der Waals surface area contributed by atoms with Crippen LogP contribution < -0.4 is 19.5 Å². The van der Waals surface area contributed by atoms with Crippen molar-refractivity contribution >= 4 is 15.7 Å². The first-order valence-electron chi connectivity index (χ1n) is 8.74. The van der Waals surface area contributed by atoms with Crippen LogP contribution in [0, 0.1) is 11.3 Å². The van der Waals surface area contributed by atoms with Crippen LogP contribution in [-0.4, -0.2) is 34.2 Å². The Morgan fingerprint density at radius 2 is 1.93 bits per heavy atom. The lowest BCUT2D eigenvalue weighted by atomic mass is 9.98. The Labute approximate surface area is 158 Å². The fourth-order valence-corrected chi connectivity index (χ4v) is 4.51. The van der Waals surface area contributed by atoms with Gasteiger partial charge in [-0.15, -0.1) is 0 Å². The predicted octanol–water partition coefficient (Wildman–Crippen LogP) is 2.03. The summed E-state index contributed by atoms with van der Waals surface area (Å²) in [5.74, 6) is 1.00. The van der Waals surface area contributed by atoms with E-state index in [-0.39, 0.29) is 10.9 Å². The van der Waals surface area contributed by atoms with Gasteiger partial charge in [0.1, 0.15) is 0 Å². The summed E-state index contributed by atoms with van der Waals surface area (Å²) in [4.78, 5) is 0.142. The molecule has 0 saturated carbocycles. The first-order chi connectivity index (χ1) is 13.0. The van der Waals surface area contributed by atoms with E-state index in [1.807, 2.05) is 6.07 Å². The molecule has 2 aliphatic heterocycles. The van der Waals surface area contributed by atoms with E-state index in [9.17, 15) is 8.42 Å². The minimum atomic E-state index is -3.71. The summed E-state index contributed by atoms with van der Waals surface area (Å²) in [5, 5.41) is 12.3. The second-order valence-corrected chi connectivity index (χ2v) is 8.26. The molecule has 0 aromatic heterocycles. The van der Waals surface area contributed by atoms with Crippen molar-refractivity contribution in [3.63, 3.8) is 0 Å². The summed E-state index contributed by atoms with van der Waals surface area (Å²) in [5.41, 5.74) is 2.41. The average Bonchev–Trinajstić information content (AvgIpc) is 2.92. The van der Waals surface area contributed by atoms with Crippen molar-refractivity contribution in [1.29, 1.82) is 5.26 Å². The van der Waals surface area contributed by atoms with E-state index in [0.717, 1.165) is 17.7 Å². The average molecular weight is 385 g/mol. The van der Waals surface area contributed by atoms with Gasteiger partial charge < -0.3 is 14.8 Å². The molecule has 0 saturated heterocycles. The van der Waals surface area contributed by atoms with Gasteiger partial charge in [0.15, 0.2) is 11.5 Å². The van der Waals surface area contributed by atoms with Crippen LogP contribution in [0.25, 0.3) is 0 Å². The molecule has 0 fully saturated rings. The molecular weight excluding hydrogens is 366 g/mol. The Morgan fingerprint density at radius 1 is 1.11 bits per heavy atom. The maximum Gasteiger partial charge on any atom is 0.241 e. The summed E-state index contributed by atoms with van der Waals surface area (Å²) < 4.78 is 39.5. The van der Waals surface area contributed by atoms with Gasteiger partial charge in [-0.2, -0.15) is 5.26 Å². The van der Waals surface area contributed by atoms with Crippen LogP contribution in [0.3, 0.4) is 0 Å². The van der Waals surface area contributed by atoms with Crippen LogP contribution >= 0.6 is 0 Å². The zero-order chi connectivity index (χ0) is 18.9. The number of hydrogen-bond acceptors (Lipinski definition) is 6. The molecule has 1 unspecified atom stereocenters. The highest BCUT2D eigenvalue weighted by Gasteiger charge is 2.25. The molecule has 8 heteroatoms. The molecule has 0 aliphatic carbocycles. The Balaban J connectivity index is 1.54. The molecule has 2 heterocycles. The van der Waals surface area contributed by atoms with E-state index in [1.165, 1.54) is 12.1 Å². The minimum absolute atomic E-state index is 0.142. The van der Waals surface area contributed by atoms with Crippen LogP contribution in [0.4, 0.5) is 5.69 Å². The van der Waals surface area contributed by atoms with Gasteiger partial charge in [0.2, 0.25) is 10.0 Å². The van der Waals surface area contributed by atoms with E-state index < -0.39 is 10.0 Å². The molecule has 2 N–H and O–H groups in total. The summed E-state index contributed by atoms with van der Waals surface area (Å²) >= 11 is 0. The fourth-order valence-electron chi connectivity index (χ4n) is 3.26. The third kappa shape index (κ3) is 3.70. The lowest BCUT2D eigenvalue weighted by molar-refractivity contribution is 0.297. The monoisotopic (exact) mass is 385 g/mol. The van der Waals surface area contributed by atoms with Crippen LogP contribution in [0.15, 0.2) is 41.3 Å². The number of benzene rings is 2. The second-order valence-electron chi connectivity index (χ2n) is 6.55. The van der Waals surface area contributed by atoms with E-state index in [1.54, 1.807) is 18.2 Å². The number of hydrogen-bond donors (Lipinski definition) is 2. The summed E-state index contributed by atoms with van der Waals surface area (Å²) in [6.45, 7) is 1.52. The van der Waals surface area contributed by atoms with Crippen LogP contribution in [-0.2, 0) is 16.4 Å². The Hall–Kier alpha value is -2.76. The highest BCUT2D eigenvalue weighted by atomic mass is 32.2. The van der Waals surface area contributed by atoms with Gasteiger partial charge in [0.25, 0.3) is 0 Å². The van der Waals surface area contributed by atoms with Crippen molar-refractivity contribution in [3.05, 3.63) is 47.5 Å². The molecule has 0 amide bonds. The number of rotatable bonds is 3. The third-order valence-corrected chi connectivity index (χ3v) is 6.11. The Bertz CT molecular complexity index is 1010. The van der Waals surface area contributed by atoms with E-state index in [4.69, 9.17) is 14.7 Å². The summed E-state index contributed by atoms with van der Waals surface area (Å²) in [7, 11) is -3.71. The SMILES string of the molecule is N#Cc1ccc2c(c1)CC(NS(=O)(=O)c1ccc3c(c1)OCCCO3)CN2. The molecule has 1 atom stereocenters. The fraction of sp³-hybridized carbons (Fsp3) is 0.316. The van der Waals surface area contributed by atoms with Crippen molar-refractivity contribution in [1.82, 2.24) is 4.72 Å². The lowest BCUT2D eigenvalue weighted by Crippen LogP contribution is -2.43. The van der Waals surface area contributed by atoms with Gasteiger partial charge >= 0.3 is 0 Å². The molecule has 0 bridgehead atoms. The summed E-state index contributed by atoms with van der Waals surface area (Å²) in [6, 6.07) is 11.8. The van der Waals surface area contributed by atoms with E-state index in [0.29, 0.717) is 43.2 Å². The van der Waals surface area contributed by atoms with Crippen LogP contribution in [0.2, 0.25) is 0 Å². The molecular formula is C19H19N3O4S. The molecule has 7 nitrogen and oxygen atoms in total. The van der Waals surface area contributed by atoms with Gasteiger partial charge in [-0.05, 0) is 42.3 Å². The number of fused-ring (bicyclic) bond motifs is 2. The zero-order valence-electron chi connectivity index (χ0n) is 14.6. The molecule has 2 aromatic rings. The number of nitrogens with zero attached hydrogens (tertiary/aromatic N) is 1. The standard InChI is InChI=1S/C19H19N3O4S/c20-11-13-2-4-17-14(8-13)9-15(12-21-17)22-27(23,24)16-3-5-18-19(10-16)26-7-1-6-25-18/h2-5,8,10,15,21-22H,1,6-7,9,12H2. The molecule has 2 aliphatic rings. The van der Waals surface area contributed by atoms with Gasteiger partial charge in [0, 0.05) is 30.8 Å².